The number of nitrogens with zero attached hydrogens (tertiary/aromatic N) is 2. The standard InChI is InChI=1S/C16H19ClFN3O3S/c17-8-15(25)19-9-12-10-24-16(22)21(12)11-1-2-14(13(18)7-11)20-3-5-23-6-4-20/h1-2,7,12H,3-6,8-10H2,(H,19,25)/t12-/m0/s1. The molecule has 0 bridgehead atoms. The Morgan fingerprint density at radius 2 is 2.16 bits per heavy atom. The number of alkyl halides is 1. The highest BCUT2D eigenvalue weighted by atomic mass is 35.5. The van der Waals surface area contributed by atoms with Gasteiger partial charge in [-0.15, -0.1) is 11.6 Å². The van der Waals surface area contributed by atoms with Crippen LogP contribution in [0, 0.1) is 5.82 Å². The Hall–Kier alpha value is -1.64. The molecule has 2 fully saturated rings. The fraction of sp³-hybridized carbons (Fsp3) is 0.500. The van der Waals surface area contributed by atoms with E-state index in [1.165, 1.54) is 11.0 Å². The van der Waals surface area contributed by atoms with Crippen LogP contribution in [0.15, 0.2) is 18.2 Å². The highest BCUT2D eigenvalue weighted by molar-refractivity contribution is 7.80. The lowest BCUT2D eigenvalue weighted by atomic mass is 10.2. The number of hydrogen-bond donors (Lipinski definition) is 1. The molecular formula is C16H19ClFN3O3S. The van der Waals surface area contributed by atoms with E-state index in [2.05, 4.69) is 5.32 Å². The summed E-state index contributed by atoms with van der Waals surface area (Å²) in [5.41, 5.74) is 0.971. The number of ether oxygens (including phenoxy) is 2. The predicted octanol–water partition coefficient (Wildman–Crippen LogP) is 2.14. The Morgan fingerprint density at radius 3 is 2.84 bits per heavy atom. The zero-order valence-electron chi connectivity index (χ0n) is 13.5. The summed E-state index contributed by atoms with van der Waals surface area (Å²) in [6, 6.07) is 4.51. The lowest BCUT2D eigenvalue weighted by molar-refractivity contribution is 0.122. The van der Waals surface area contributed by atoms with Crippen LogP contribution < -0.4 is 15.1 Å². The van der Waals surface area contributed by atoms with Gasteiger partial charge in [-0.2, -0.15) is 0 Å². The number of amides is 1. The topological polar surface area (TPSA) is 54.0 Å². The number of benzene rings is 1. The fourth-order valence-electron chi connectivity index (χ4n) is 2.91. The van der Waals surface area contributed by atoms with Crippen LogP contribution in [0.25, 0.3) is 0 Å². The summed E-state index contributed by atoms with van der Waals surface area (Å²) in [6.45, 7) is 3.05. The molecule has 1 amide bonds. The van der Waals surface area contributed by atoms with Gasteiger partial charge in [0.2, 0.25) is 0 Å². The summed E-state index contributed by atoms with van der Waals surface area (Å²) in [7, 11) is 0. The molecular weight excluding hydrogens is 369 g/mol. The van der Waals surface area contributed by atoms with E-state index >= 15 is 0 Å². The van der Waals surface area contributed by atoms with Crippen LogP contribution in [-0.4, -0.2) is 62.5 Å². The molecule has 3 rings (SSSR count). The first-order valence-electron chi connectivity index (χ1n) is 8.01. The quantitative estimate of drug-likeness (QED) is 0.617. The number of halogens is 2. The van der Waals surface area contributed by atoms with Gasteiger partial charge in [-0.3, -0.25) is 4.90 Å². The summed E-state index contributed by atoms with van der Waals surface area (Å²) < 4.78 is 25.0. The maximum atomic E-state index is 14.6. The number of morpholine rings is 1. The van der Waals surface area contributed by atoms with Crippen molar-refractivity contribution in [2.45, 2.75) is 6.04 Å². The molecule has 1 atom stereocenters. The van der Waals surface area contributed by atoms with Crippen LogP contribution in [0.4, 0.5) is 20.6 Å². The van der Waals surface area contributed by atoms with Gasteiger partial charge in [0.05, 0.1) is 41.5 Å². The number of rotatable bonds is 5. The van der Waals surface area contributed by atoms with E-state index in [4.69, 9.17) is 33.3 Å². The summed E-state index contributed by atoms with van der Waals surface area (Å²) >= 11 is 10.7. The van der Waals surface area contributed by atoms with Gasteiger partial charge in [0, 0.05) is 19.6 Å². The summed E-state index contributed by atoms with van der Waals surface area (Å²) in [5.74, 6) is -0.165. The molecule has 0 unspecified atom stereocenters. The fourth-order valence-corrected chi connectivity index (χ4v) is 3.09. The van der Waals surface area contributed by atoms with Crippen LogP contribution in [0.1, 0.15) is 0 Å². The first-order valence-corrected chi connectivity index (χ1v) is 8.95. The molecule has 2 aliphatic heterocycles. The van der Waals surface area contributed by atoms with Crippen LogP contribution in [-0.2, 0) is 9.47 Å². The molecule has 2 aliphatic rings. The smallest absolute Gasteiger partial charge is 0.414 e. The first-order chi connectivity index (χ1) is 12.1. The van der Waals surface area contributed by atoms with Crippen molar-refractivity contribution < 1.29 is 18.7 Å². The van der Waals surface area contributed by atoms with E-state index in [1.54, 1.807) is 12.1 Å². The summed E-state index contributed by atoms with van der Waals surface area (Å²) in [5, 5.41) is 2.98. The Kier molecular flexibility index (Phi) is 5.93. The zero-order valence-corrected chi connectivity index (χ0v) is 15.1. The lowest BCUT2D eigenvalue weighted by Gasteiger charge is -2.30. The molecule has 9 heteroatoms. The Balaban J connectivity index is 1.75. The largest absolute Gasteiger partial charge is 0.447 e. The van der Waals surface area contributed by atoms with Crippen molar-refractivity contribution in [3.8, 4) is 0 Å². The minimum Gasteiger partial charge on any atom is -0.447 e. The first kappa shape index (κ1) is 18.2. The second-order valence-electron chi connectivity index (χ2n) is 5.77. The second kappa shape index (κ2) is 8.16. The van der Waals surface area contributed by atoms with Gasteiger partial charge in [-0.1, -0.05) is 12.2 Å². The molecule has 0 spiro atoms. The number of hydrogen-bond acceptors (Lipinski definition) is 5. The molecule has 2 saturated heterocycles. The number of carbonyl (C=O) groups excluding carboxylic acids is 1. The highest BCUT2D eigenvalue weighted by Crippen LogP contribution is 2.29. The molecule has 1 N–H and O–H groups in total. The Labute approximate surface area is 155 Å². The van der Waals surface area contributed by atoms with E-state index in [0.29, 0.717) is 49.2 Å². The van der Waals surface area contributed by atoms with Crippen molar-refractivity contribution in [1.29, 1.82) is 0 Å². The van der Waals surface area contributed by atoms with Crippen molar-refractivity contribution in [1.82, 2.24) is 5.32 Å². The van der Waals surface area contributed by atoms with Crippen molar-refractivity contribution in [2.24, 2.45) is 0 Å². The van der Waals surface area contributed by atoms with Gasteiger partial charge in [0.15, 0.2) is 0 Å². The molecule has 6 nitrogen and oxygen atoms in total. The summed E-state index contributed by atoms with van der Waals surface area (Å²) in [4.78, 5) is 15.9. The minimum atomic E-state index is -0.498. The average Bonchev–Trinajstić information content (AvgIpc) is 3.00. The Bertz CT molecular complexity index is 658. The second-order valence-corrected chi connectivity index (χ2v) is 6.53. The van der Waals surface area contributed by atoms with Gasteiger partial charge < -0.3 is 19.7 Å². The van der Waals surface area contributed by atoms with E-state index in [1.807, 2.05) is 4.90 Å². The van der Waals surface area contributed by atoms with E-state index in [0.717, 1.165) is 0 Å². The van der Waals surface area contributed by atoms with Crippen LogP contribution in [0.2, 0.25) is 0 Å². The molecule has 25 heavy (non-hydrogen) atoms. The number of cyclic esters (lactones) is 1. The van der Waals surface area contributed by atoms with Crippen LogP contribution in [0.5, 0.6) is 0 Å². The van der Waals surface area contributed by atoms with Gasteiger partial charge in [0.1, 0.15) is 12.4 Å². The van der Waals surface area contributed by atoms with Crippen LogP contribution in [0.3, 0.4) is 0 Å². The van der Waals surface area contributed by atoms with E-state index < -0.39 is 6.09 Å². The average molecular weight is 388 g/mol. The molecule has 1 aromatic rings. The Morgan fingerprint density at radius 1 is 1.40 bits per heavy atom. The predicted molar refractivity (Wildman–Crippen MR) is 98.4 cm³/mol. The normalized spacial score (nSPS) is 20.6. The maximum absolute atomic E-state index is 14.6. The lowest BCUT2D eigenvalue weighted by Crippen LogP contribution is -2.43. The van der Waals surface area contributed by atoms with Gasteiger partial charge in [0.25, 0.3) is 0 Å². The molecule has 2 heterocycles. The third kappa shape index (κ3) is 4.13. The molecule has 0 aromatic heterocycles. The van der Waals surface area contributed by atoms with Crippen molar-refractivity contribution >= 4 is 46.3 Å². The van der Waals surface area contributed by atoms with Crippen molar-refractivity contribution in [3.05, 3.63) is 24.0 Å². The molecule has 0 saturated carbocycles. The molecule has 0 radical (unpaired) electrons. The zero-order chi connectivity index (χ0) is 17.8. The monoisotopic (exact) mass is 387 g/mol. The van der Waals surface area contributed by atoms with Gasteiger partial charge >= 0.3 is 6.09 Å². The minimum absolute atomic E-state index is 0.208. The van der Waals surface area contributed by atoms with Gasteiger partial charge in [-0.25, -0.2) is 9.18 Å². The van der Waals surface area contributed by atoms with E-state index in [9.17, 15) is 9.18 Å². The number of anilines is 2. The number of thiocarbonyl (C=S) groups is 1. The SMILES string of the molecule is O=C1OC[C@H](CNC(=S)CCl)N1c1ccc(N2CCOCC2)c(F)c1. The van der Waals surface area contributed by atoms with Crippen LogP contribution >= 0.6 is 23.8 Å². The third-order valence-corrected chi connectivity index (χ3v) is 4.89. The molecule has 0 aliphatic carbocycles. The highest BCUT2D eigenvalue weighted by Gasteiger charge is 2.34. The van der Waals surface area contributed by atoms with Crippen molar-refractivity contribution in [2.75, 3.05) is 55.1 Å². The summed E-state index contributed by atoms with van der Waals surface area (Å²) in [6.07, 6.45) is -0.498. The van der Waals surface area contributed by atoms with Gasteiger partial charge in [-0.05, 0) is 18.2 Å². The molecule has 1 aromatic carbocycles. The third-order valence-electron chi connectivity index (χ3n) is 4.18. The van der Waals surface area contributed by atoms with Crippen molar-refractivity contribution in [3.63, 3.8) is 0 Å². The maximum Gasteiger partial charge on any atom is 0.414 e. The number of carbonyl (C=O) groups is 1. The van der Waals surface area contributed by atoms with E-state index in [-0.39, 0.29) is 24.3 Å². The number of nitrogens with one attached hydrogen (secondary N) is 1. The molecule has 136 valence electrons.